The second kappa shape index (κ2) is 12.0. The van der Waals surface area contributed by atoms with Gasteiger partial charge in [0, 0.05) is 6.20 Å². The van der Waals surface area contributed by atoms with Crippen molar-refractivity contribution in [1.82, 2.24) is 4.98 Å². The smallest absolute Gasteiger partial charge is 0.142 e. The monoisotopic (exact) mass is 501 g/mol. The van der Waals surface area contributed by atoms with Crippen LogP contribution in [0.25, 0.3) is 0 Å². The van der Waals surface area contributed by atoms with Crippen molar-refractivity contribution in [3.05, 3.63) is 87.5 Å². The van der Waals surface area contributed by atoms with Crippen LogP contribution in [-0.4, -0.2) is 4.98 Å². The van der Waals surface area contributed by atoms with Crippen LogP contribution in [0.1, 0.15) is 79.0 Å². The van der Waals surface area contributed by atoms with E-state index in [2.05, 4.69) is 97.6 Å². The van der Waals surface area contributed by atoms with Crippen molar-refractivity contribution in [2.24, 2.45) is 0 Å². The van der Waals surface area contributed by atoms with Crippen LogP contribution in [0.4, 0.5) is 11.5 Å². The van der Waals surface area contributed by atoms with Gasteiger partial charge in [0.05, 0.1) is 15.7 Å². The Bertz CT molecular complexity index is 980. The van der Waals surface area contributed by atoms with Crippen LogP contribution >= 0.6 is 23.2 Å². The van der Waals surface area contributed by atoms with Crippen molar-refractivity contribution in [3.8, 4) is 0 Å². The Hall–Kier alpha value is -2.23. The van der Waals surface area contributed by atoms with E-state index in [0.29, 0.717) is 27.0 Å². The largest absolute Gasteiger partial charge is 0.398 e. The fourth-order valence-electron chi connectivity index (χ4n) is 3.11. The predicted molar refractivity (Wildman–Crippen MR) is 152 cm³/mol. The number of hydrogen-bond acceptors (Lipinski definition) is 3. The molecule has 0 aliphatic heterocycles. The molecule has 2 aromatic carbocycles. The highest BCUT2D eigenvalue weighted by Crippen LogP contribution is 2.33. The van der Waals surface area contributed by atoms with Gasteiger partial charge in [0.25, 0.3) is 0 Å². The number of nitrogen functional groups attached to an aromatic ring is 2. The third kappa shape index (κ3) is 9.19. The van der Waals surface area contributed by atoms with Gasteiger partial charge in [-0.1, -0.05) is 128 Å². The summed E-state index contributed by atoms with van der Waals surface area (Å²) in [7, 11) is 0. The lowest BCUT2D eigenvalue weighted by Crippen LogP contribution is -2.13. The van der Waals surface area contributed by atoms with Crippen LogP contribution in [0.5, 0.6) is 0 Å². The third-order valence-corrected chi connectivity index (χ3v) is 6.02. The topological polar surface area (TPSA) is 64.9 Å². The standard InChI is InChI=1S/C10H14ClN.C10H14.C9H13ClN2/c1-10(2,3)7-5-4-6-8(12)9(7)11;1-10(2,3)9-7-5-4-6-8-9;1-9(2,3)6-4-5-12-8(11)7(6)10/h4-6H,12H2,1-3H3;4-8H,1-3H3;4-5H,1-3H3,(H2,11,12). The highest BCUT2D eigenvalue weighted by Gasteiger charge is 2.19. The molecular weight excluding hydrogens is 461 g/mol. The van der Waals surface area contributed by atoms with Crippen LogP contribution in [0.15, 0.2) is 60.8 Å². The Balaban J connectivity index is 0.000000256. The molecule has 0 spiro atoms. The minimum Gasteiger partial charge on any atom is -0.398 e. The highest BCUT2D eigenvalue weighted by molar-refractivity contribution is 6.34. The number of anilines is 2. The summed E-state index contributed by atoms with van der Waals surface area (Å²) in [5, 5.41) is 1.26. The van der Waals surface area contributed by atoms with Gasteiger partial charge in [-0.2, -0.15) is 0 Å². The third-order valence-electron chi connectivity index (χ3n) is 5.20. The van der Waals surface area contributed by atoms with Gasteiger partial charge >= 0.3 is 0 Å². The summed E-state index contributed by atoms with van der Waals surface area (Å²) in [5.74, 6) is 0.407. The van der Waals surface area contributed by atoms with Crippen LogP contribution in [0.2, 0.25) is 10.0 Å². The maximum atomic E-state index is 6.05. The summed E-state index contributed by atoms with van der Waals surface area (Å²) in [6.07, 6.45) is 1.68. The molecule has 3 rings (SSSR count). The van der Waals surface area contributed by atoms with Crippen molar-refractivity contribution in [2.75, 3.05) is 11.5 Å². The van der Waals surface area contributed by atoms with Gasteiger partial charge in [-0.05, 0) is 45.1 Å². The van der Waals surface area contributed by atoms with E-state index in [1.165, 1.54) is 5.56 Å². The van der Waals surface area contributed by atoms with E-state index in [9.17, 15) is 0 Å². The van der Waals surface area contributed by atoms with Crippen LogP contribution in [-0.2, 0) is 16.2 Å². The summed E-state index contributed by atoms with van der Waals surface area (Å²) in [5.41, 5.74) is 15.8. The number of halogens is 2. The van der Waals surface area contributed by atoms with Gasteiger partial charge in [-0.3, -0.25) is 0 Å². The first-order chi connectivity index (χ1) is 15.5. The average molecular weight is 503 g/mol. The van der Waals surface area contributed by atoms with Crippen LogP contribution in [0, 0.1) is 0 Å². The highest BCUT2D eigenvalue weighted by atomic mass is 35.5. The summed E-state index contributed by atoms with van der Waals surface area (Å²) < 4.78 is 0. The minimum absolute atomic E-state index is 0.0220. The first-order valence-electron chi connectivity index (χ1n) is 11.5. The molecule has 186 valence electrons. The first kappa shape index (κ1) is 29.8. The van der Waals surface area contributed by atoms with Gasteiger partial charge in [-0.25, -0.2) is 4.98 Å². The number of hydrogen-bond donors (Lipinski definition) is 2. The van der Waals surface area contributed by atoms with E-state index < -0.39 is 0 Å². The Morgan fingerprint density at radius 3 is 1.47 bits per heavy atom. The molecule has 0 fully saturated rings. The molecule has 0 bridgehead atoms. The van der Waals surface area contributed by atoms with Crippen molar-refractivity contribution >= 4 is 34.7 Å². The SMILES string of the molecule is CC(C)(C)c1cccc(N)c1Cl.CC(C)(C)c1ccccc1.CC(C)(C)c1ccnc(N)c1Cl. The Morgan fingerprint density at radius 2 is 1.09 bits per heavy atom. The van der Waals surface area contributed by atoms with Crippen LogP contribution in [0.3, 0.4) is 0 Å². The van der Waals surface area contributed by atoms with Crippen molar-refractivity contribution < 1.29 is 0 Å². The Morgan fingerprint density at radius 1 is 0.588 bits per heavy atom. The van der Waals surface area contributed by atoms with Crippen molar-refractivity contribution in [2.45, 2.75) is 78.6 Å². The number of pyridine rings is 1. The maximum Gasteiger partial charge on any atom is 0.142 e. The van der Waals surface area contributed by atoms with Gasteiger partial charge in [-0.15, -0.1) is 0 Å². The molecule has 34 heavy (non-hydrogen) atoms. The number of aromatic nitrogens is 1. The van der Waals surface area contributed by atoms with E-state index in [4.69, 9.17) is 34.7 Å². The Kier molecular flexibility index (Phi) is 10.5. The van der Waals surface area contributed by atoms with Gasteiger partial charge < -0.3 is 11.5 Å². The summed E-state index contributed by atoms with van der Waals surface area (Å²) in [4.78, 5) is 3.90. The average Bonchev–Trinajstić information content (AvgIpc) is 2.71. The molecule has 0 aliphatic rings. The molecule has 0 atom stereocenters. The lowest BCUT2D eigenvalue weighted by Gasteiger charge is -2.21. The van der Waals surface area contributed by atoms with Gasteiger partial charge in [0.15, 0.2) is 0 Å². The zero-order chi connectivity index (χ0) is 26.3. The zero-order valence-electron chi connectivity index (χ0n) is 22.1. The molecule has 5 heteroatoms. The quantitative estimate of drug-likeness (QED) is 0.302. The molecule has 4 N–H and O–H groups in total. The van der Waals surface area contributed by atoms with E-state index in [0.717, 1.165) is 11.1 Å². The molecular formula is C29H41Cl2N3. The molecule has 0 saturated heterocycles. The zero-order valence-corrected chi connectivity index (χ0v) is 23.6. The molecule has 0 radical (unpaired) electrons. The van der Waals surface area contributed by atoms with E-state index in [1.807, 2.05) is 24.3 Å². The van der Waals surface area contributed by atoms with Gasteiger partial charge in [0.2, 0.25) is 0 Å². The fourth-order valence-corrected chi connectivity index (χ4v) is 3.91. The normalized spacial score (nSPS) is 11.6. The predicted octanol–water partition coefficient (Wildman–Crippen LogP) is 8.82. The van der Waals surface area contributed by atoms with Crippen molar-refractivity contribution in [1.29, 1.82) is 0 Å². The van der Waals surface area contributed by atoms with Gasteiger partial charge in [0.1, 0.15) is 5.82 Å². The van der Waals surface area contributed by atoms with E-state index in [-0.39, 0.29) is 10.8 Å². The summed E-state index contributed by atoms with van der Waals surface area (Å²) in [6, 6.07) is 18.2. The fraction of sp³-hybridized carbons (Fsp3) is 0.414. The Labute approximate surface area is 216 Å². The molecule has 0 amide bonds. The lowest BCUT2D eigenvalue weighted by atomic mass is 9.87. The molecule has 0 aliphatic carbocycles. The van der Waals surface area contributed by atoms with Crippen LogP contribution < -0.4 is 11.5 Å². The molecule has 3 nitrogen and oxygen atoms in total. The number of nitrogens with zero attached hydrogens (tertiary/aromatic N) is 1. The number of rotatable bonds is 0. The summed E-state index contributed by atoms with van der Waals surface area (Å²) in [6.45, 7) is 19.3. The minimum atomic E-state index is 0.0220. The number of nitrogens with two attached hydrogens (primary N) is 2. The lowest BCUT2D eigenvalue weighted by molar-refractivity contribution is 0.590. The summed E-state index contributed by atoms with van der Waals surface area (Å²) >= 11 is 12.0. The molecule has 0 unspecified atom stereocenters. The van der Waals surface area contributed by atoms with Crippen molar-refractivity contribution in [3.63, 3.8) is 0 Å². The number of benzene rings is 2. The molecule has 1 heterocycles. The van der Waals surface area contributed by atoms with E-state index >= 15 is 0 Å². The van der Waals surface area contributed by atoms with E-state index in [1.54, 1.807) is 6.20 Å². The molecule has 0 saturated carbocycles. The first-order valence-corrected chi connectivity index (χ1v) is 12.2. The maximum absolute atomic E-state index is 6.05. The second-order valence-corrected chi connectivity index (χ2v) is 12.1. The molecule has 3 aromatic rings. The molecule has 1 aromatic heterocycles. The second-order valence-electron chi connectivity index (χ2n) is 11.4.